The third-order valence-electron chi connectivity index (χ3n) is 8.06. The standard InChI is InChI=1S/C35H34N2O7/c1-36(20-31(40)24-6-5-9-27(39)17-24)19-28-18-32(23-14-12-22(21-38)13-15-23)44-35(43-28)25-7-4-8-26(16-25)37-33(41)29-10-2-3-11-30(29)34(37)42/h2-17,28,31-32,35,38-40H,18-21H2,1H3. The van der Waals surface area contributed by atoms with E-state index in [2.05, 4.69) is 0 Å². The maximum atomic E-state index is 13.2. The number of carbonyl (C=O) groups is 2. The van der Waals surface area contributed by atoms with Crippen LogP contribution in [-0.2, 0) is 16.1 Å². The van der Waals surface area contributed by atoms with Gasteiger partial charge in [-0.3, -0.25) is 9.59 Å². The number of aromatic hydroxyl groups is 1. The first-order chi connectivity index (χ1) is 21.3. The predicted molar refractivity (Wildman–Crippen MR) is 163 cm³/mol. The van der Waals surface area contributed by atoms with Gasteiger partial charge in [-0.2, -0.15) is 0 Å². The summed E-state index contributed by atoms with van der Waals surface area (Å²) in [6.07, 6.45) is -1.68. The molecule has 0 spiro atoms. The Balaban J connectivity index is 1.24. The second kappa shape index (κ2) is 12.7. The summed E-state index contributed by atoms with van der Waals surface area (Å²) in [6, 6.07) is 28.0. The molecule has 0 saturated carbocycles. The van der Waals surface area contributed by atoms with Crippen LogP contribution in [0.15, 0.2) is 97.1 Å². The van der Waals surface area contributed by atoms with Crippen LogP contribution in [0.4, 0.5) is 5.69 Å². The van der Waals surface area contributed by atoms with Crippen molar-refractivity contribution >= 4 is 17.5 Å². The minimum atomic E-state index is -0.805. The third kappa shape index (κ3) is 6.14. The van der Waals surface area contributed by atoms with Crippen molar-refractivity contribution in [3.05, 3.63) is 130 Å². The van der Waals surface area contributed by atoms with Gasteiger partial charge in [0, 0.05) is 25.1 Å². The van der Waals surface area contributed by atoms with Gasteiger partial charge < -0.3 is 29.7 Å². The SMILES string of the molecule is CN(CC1CC(c2ccc(CO)cc2)OC(c2cccc(N3C(=O)c4ccccc4C3=O)c2)O1)CC(O)c1cccc(O)c1. The fraction of sp³-hybridized carbons (Fsp3) is 0.257. The highest BCUT2D eigenvalue weighted by Gasteiger charge is 2.38. The summed E-state index contributed by atoms with van der Waals surface area (Å²) in [5.74, 6) is -0.655. The highest BCUT2D eigenvalue weighted by Crippen LogP contribution is 2.39. The van der Waals surface area contributed by atoms with Crippen molar-refractivity contribution in [3.8, 4) is 5.75 Å². The fourth-order valence-electron chi connectivity index (χ4n) is 5.82. The predicted octanol–water partition coefficient (Wildman–Crippen LogP) is 4.90. The van der Waals surface area contributed by atoms with E-state index in [1.165, 1.54) is 4.90 Å². The zero-order valence-electron chi connectivity index (χ0n) is 24.2. The summed E-state index contributed by atoms with van der Waals surface area (Å²) in [6.45, 7) is 0.746. The maximum absolute atomic E-state index is 13.2. The average Bonchev–Trinajstić information content (AvgIpc) is 3.30. The molecule has 2 heterocycles. The number of anilines is 1. The van der Waals surface area contributed by atoms with E-state index in [0.29, 0.717) is 47.5 Å². The molecule has 2 aliphatic rings. The molecule has 4 atom stereocenters. The number of phenols is 1. The number of imide groups is 1. The van der Waals surface area contributed by atoms with E-state index >= 15 is 0 Å². The van der Waals surface area contributed by atoms with Crippen molar-refractivity contribution in [2.45, 2.75) is 37.6 Å². The van der Waals surface area contributed by atoms with Crippen LogP contribution in [0, 0.1) is 0 Å². The number of carbonyl (C=O) groups excluding carboxylic acids is 2. The number of rotatable bonds is 9. The number of benzene rings is 4. The van der Waals surface area contributed by atoms with Crippen molar-refractivity contribution in [1.82, 2.24) is 4.90 Å². The number of aliphatic hydroxyl groups excluding tert-OH is 2. The summed E-state index contributed by atoms with van der Waals surface area (Å²) >= 11 is 0. The Morgan fingerprint density at radius 3 is 2.25 bits per heavy atom. The lowest BCUT2D eigenvalue weighted by atomic mass is 9.99. The van der Waals surface area contributed by atoms with Crippen LogP contribution in [-0.4, -0.2) is 58.3 Å². The van der Waals surface area contributed by atoms with Crippen LogP contribution in [0.1, 0.15) is 67.9 Å². The third-order valence-corrected chi connectivity index (χ3v) is 8.06. The Bertz CT molecular complexity index is 1620. The smallest absolute Gasteiger partial charge is 0.266 e. The summed E-state index contributed by atoms with van der Waals surface area (Å²) < 4.78 is 12.9. The molecule has 9 heteroatoms. The highest BCUT2D eigenvalue weighted by molar-refractivity contribution is 6.34. The first-order valence-corrected chi connectivity index (χ1v) is 14.5. The highest BCUT2D eigenvalue weighted by atomic mass is 16.7. The molecule has 6 rings (SSSR count). The normalized spacial score (nSPS) is 20.6. The molecule has 0 radical (unpaired) electrons. The Hall–Kier alpha value is -4.38. The molecule has 2 aliphatic heterocycles. The second-order valence-corrected chi connectivity index (χ2v) is 11.3. The number of hydrogen-bond acceptors (Lipinski definition) is 8. The van der Waals surface area contributed by atoms with Crippen LogP contribution in [0.5, 0.6) is 5.75 Å². The van der Waals surface area contributed by atoms with Gasteiger partial charge in [-0.25, -0.2) is 4.90 Å². The van der Waals surface area contributed by atoms with Gasteiger partial charge in [0.2, 0.25) is 0 Å². The molecule has 44 heavy (non-hydrogen) atoms. The zero-order valence-corrected chi connectivity index (χ0v) is 24.2. The van der Waals surface area contributed by atoms with Crippen LogP contribution >= 0.6 is 0 Å². The maximum Gasteiger partial charge on any atom is 0.266 e. The number of hydrogen-bond donors (Lipinski definition) is 3. The molecule has 9 nitrogen and oxygen atoms in total. The van der Waals surface area contributed by atoms with E-state index in [-0.39, 0.29) is 36.4 Å². The number of ether oxygens (including phenoxy) is 2. The molecule has 0 bridgehead atoms. The van der Waals surface area contributed by atoms with Gasteiger partial charge in [0.25, 0.3) is 11.8 Å². The van der Waals surface area contributed by atoms with Gasteiger partial charge >= 0.3 is 0 Å². The van der Waals surface area contributed by atoms with E-state index < -0.39 is 12.4 Å². The monoisotopic (exact) mass is 594 g/mol. The van der Waals surface area contributed by atoms with Crippen LogP contribution < -0.4 is 4.90 Å². The van der Waals surface area contributed by atoms with E-state index in [1.54, 1.807) is 66.7 Å². The minimum Gasteiger partial charge on any atom is -0.508 e. The van der Waals surface area contributed by atoms with Crippen LogP contribution in [0.2, 0.25) is 0 Å². The van der Waals surface area contributed by atoms with Crippen LogP contribution in [0.25, 0.3) is 0 Å². The van der Waals surface area contributed by atoms with Crippen molar-refractivity contribution in [2.24, 2.45) is 0 Å². The number of aliphatic hydroxyl groups is 2. The topological polar surface area (TPSA) is 120 Å². The first kappa shape index (κ1) is 29.7. The molecule has 1 saturated heterocycles. The lowest BCUT2D eigenvalue weighted by molar-refractivity contribution is -0.252. The van der Waals surface area contributed by atoms with Gasteiger partial charge in [0.1, 0.15) is 5.75 Å². The molecule has 226 valence electrons. The van der Waals surface area contributed by atoms with Gasteiger partial charge in [-0.1, -0.05) is 60.7 Å². The van der Waals surface area contributed by atoms with Crippen molar-refractivity contribution in [3.63, 3.8) is 0 Å². The second-order valence-electron chi connectivity index (χ2n) is 11.3. The molecule has 0 aliphatic carbocycles. The lowest BCUT2D eigenvalue weighted by Gasteiger charge is -2.38. The Morgan fingerprint density at radius 2 is 1.57 bits per heavy atom. The first-order valence-electron chi connectivity index (χ1n) is 14.5. The van der Waals surface area contributed by atoms with Gasteiger partial charge in [0.15, 0.2) is 6.29 Å². The van der Waals surface area contributed by atoms with Crippen LogP contribution in [0.3, 0.4) is 0 Å². The van der Waals surface area contributed by atoms with Gasteiger partial charge in [-0.15, -0.1) is 0 Å². The quantitative estimate of drug-likeness (QED) is 0.234. The zero-order chi connectivity index (χ0) is 30.8. The number of fused-ring (bicyclic) bond motifs is 1. The van der Waals surface area contributed by atoms with E-state index in [4.69, 9.17) is 9.47 Å². The van der Waals surface area contributed by atoms with E-state index in [9.17, 15) is 24.9 Å². The molecule has 1 fully saturated rings. The largest absolute Gasteiger partial charge is 0.508 e. The molecule has 0 aromatic heterocycles. The van der Waals surface area contributed by atoms with E-state index in [0.717, 1.165) is 11.1 Å². The number of nitrogens with zero attached hydrogens (tertiary/aromatic N) is 2. The fourth-order valence-corrected chi connectivity index (χ4v) is 5.82. The number of phenolic OH excluding ortho intramolecular Hbond substituents is 1. The average molecular weight is 595 g/mol. The Morgan fingerprint density at radius 1 is 0.864 bits per heavy atom. The minimum absolute atomic E-state index is 0.0585. The molecular formula is C35H34N2O7. The molecule has 4 aromatic carbocycles. The van der Waals surface area contributed by atoms with Gasteiger partial charge in [-0.05, 0) is 60.1 Å². The Labute approximate surface area is 255 Å². The molecule has 2 amide bonds. The number of amides is 2. The summed E-state index contributed by atoms with van der Waals surface area (Å²) in [5, 5.41) is 30.1. The number of likely N-dealkylation sites (N-methyl/N-ethyl adjacent to an activating group) is 1. The molecule has 4 aromatic rings. The summed E-state index contributed by atoms with van der Waals surface area (Å²) in [5.41, 5.74) is 4.17. The van der Waals surface area contributed by atoms with Gasteiger partial charge in [0.05, 0.1) is 41.7 Å². The Kier molecular flexibility index (Phi) is 8.56. The molecule has 4 unspecified atom stereocenters. The van der Waals surface area contributed by atoms with Crippen molar-refractivity contribution < 1.29 is 34.4 Å². The van der Waals surface area contributed by atoms with Crippen molar-refractivity contribution in [1.29, 1.82) is 0 Å². The molecular weight excluding hydrogens is 560 g/mol. The van der Waals surface area contributed by atoms with Crippen molar-refractivity contribution in [2.75, 3.05) is 25.0 Å². The molecule has 3 N–H and O–H groups in total. The lowest BCUT2D eigenvalue weighted by Crippen LogP contribution is -2.39. The summed E-state index contributed by atoms with van der Waals surface area (Å²) in [7, 11) is 1.90. The summed E-state index contributed by atoms with van der Waals surface area (Å²) in [4.78, 5) is 29.5. The van der Waals surface area contributed by atoms with E-state index in [1.807, 2.05) is 42.3 Å².